The van der Waals surface area contributed by atoms with E-state index in [0.717, 1.165) is 34.2 Å². The van der Waals surface area contributed by atoms with Gasteiger partial charge in [0, 0.05) is 10.6 Å². The van der Waals surface area contributed by atoms with Crippen LogP contribution in [0.3, 0.4) is 0 Å². The minimum atomic E-state index is -3.47. The van der Waals surface area contributed by atoms with Crippen molar-refractivity contribution in [3.05, 3.63) is 94.3 Å². The first-order valence-corrected chi connectivity index (χ1v) is 17.7. The van der Waals surface area contributed by atoms with Crippen LogP contribution in [0.1, 0.15) is 30.9 Å². The Balaban J connectivity index is 1.50. The van der Waals surface area contributed by atoms with Gasteiger partial charge in [-0.1, -0.05) is 85.2 Å². The van der Waals surface area contributed by atoms with Crippen LogP contribution in [-0.4, -0.2) is 49.3 Å². The molecular formula is C32H31ClN2O5S3. The highest BCUT2D eigenvalue weighted by Gasteiger charge is 2.24. The zero-order valence-corrected chi connectivity index (χ0v) is 26.8. The summed E-state index contributed by atoms with van der Waals surface area (Å²) in [5.41, 5.74) is 3.48. The molecule has 2 aromatic carbocycles. The second-order valence-corrected chi connectivity index (χ2v) is 14.3. The third kappa shape index (κ3) is 9.91. The average Bonchev–Trinajstić information content (AvgIpc) is 3.55. The van der Waals surface area contributed by atoms with Gasteiger partial charge >= 0.3 is 5.97 Å². The number of carbonyl (C=O) groups excluding carboxylic acids is 1. The third-order valence-corrected chi connectivity index (χ3v) is 10.2. The first kappa shape index (κ1) is 32.7. The van der Waals surface area contributed by atoms with Gasteiger partial charge in [0.2, 0.25) is 0 Å². The lowest BCUT2D eigenvalue weighted by Crippen LogP contribution is -2.32. The maximum Gasteiger partial charge on any atom is 0.316 e. The minimum Gasteiger partial charge on any atom is -0.458 e. The SMILES string of the molecule is CCCCS(=O)(=O)CC(COCc1ccc(Cl)cc1)OC(=O)CSc1nc(-c2cccs2)cc(-c2ccccc2)c1C#N. The Kier molecular flexibility index (Phi) is 12.2. The number of hydrogen-bond donors (Lipinski definition) is 0. The summed E-state index contributed by atoms with van der Waals surface area (Å²) >= 11 is 8.56. The molecular weight excluding hydrogens is 624 g/mol. The second kappa shape index (κ2) is 16.0. The van der Waals surface area contributed by atoms with Crippen LogP contribution in [0.2, 0.25) is 5.02 Å². The number of rotatable bonds is 15. The molecule has 11 heteroatoms. The smallest absolute Gasteiger partial charge is 0.316 e. The number of thiophene rings is 1. The largest absolute Gasteiger partial charge is 0.458 e. The summed E-state index contributed by atoms with van der Waals surface area (Å²) in [4.78, 5) is 18.7. The van der Waals surface area contributed by atoms with E-state index in [2.05, 4.69) is 6.07 Å². The summed E-state index contributed by atoms with van der Waals surface area (Å²) in [6, 6.07) is 24.7. The van der Waals surface area contributed by atoms with Crippen molar-refractivity contribution in [2.24, 2.45) is 0 Å². The lowest BCUT2D eigenvalue weighted by atomic mass is 10.0. The van der Waals surface area contributed by atoms with E-state index < -0.39 is 21.9 Å². The topological polar surface area (TPSA) is 106 Å². The molecule has 0 aliphatic carbocycles. The summed E-state index contributed by atoms with van der Waals surface area (Å²) in [5.74, 6) is -1.11. The number of nitriles is 1. The number of carbonyl (C=O) groups is 1. The van der Waals surface area contributed by atoms with E-state index in [0.29, 0.717) is 33.3 Å². The highest BCUT2D eigenvalue weighted by molar-refractivity contribution is 8.00. The van der Waals surface area contributed by atoms with Crippen LogP contribution in [0.15, 0.2) is 83.2 Å². The van der Waals surface area contributed by atoms with Gasteiger partial charge in [-0.05, 0) is 47.2 Å². The summed E-state index contributed by atoms with van der Waals surface area (Å²) < 4.78 is 36.8. The van der Waals surface area contributed by atoms with E-state index in [1.165, 1.54) is 11.3 Å². The standard InChI is InChI=1S/C32H31ClN2O5S3/c1-2-3-16-43(37,38)22-26(20-39-19-23-11-13-25(33)14-12-23)40-31(36)21-42-32-28(18-34)27(24-8-5-4-6-9-24)17-29(35-32)30-10-7-15-41-30/h4-15,17,26H,2-3,16,19-22H2,1H3. The zero-order valence-electron chi connectivity index (χ0n) is 23.6. The van der Waals surface area contributed by atoms with Crippen molar-refractivity contribution in [1.82, 2.24) is 4.98 Å². The normalized spacial score (nSPS) is 12.0. The highest BCUT2D eigenvalue weighted by Crippen LogP contribution is 2.35. The Morgan fingerprint density at radius 2 is 1.88 bits per heavy atom. The van der Waals surface area contributed by atoms with E-state index >= 15 is 0 Å². The van der Waals surface area contributed by atoms with Crippen molar-refractivity contribution in [3.8, 4) is 27.8 Å². The van der Waals surface area contributed by atoms with E-state index in [1.807, 2.05) is 73.0 Å². The highest BCUT2D eigenvalue weighted by atomic mass is 35.5. The maximum atomic E-state index is 13.0. The van der Waals surface area contributed by atoms with Crippen molar-refractivity contribution >= 4 is 50.5 Å². The molecule has 1 atom stereocenters. The van der Waals surface area contributed by atoms with Gasteiger partial charge in [0.15, 0.2) is 9.84 Å². The number of hydrogen-bond acceptors (Lipinski definition) is 9. The van der Waals surface area contributed by atoms with Gasteiger partial charge in [0.25, 0.3) is 0 Å². The maximum absolute atomic E-state index is 13.0. The Labute approximate surface area is 265 Å². The van der Waals surface area contributed by atoms with Gasteiger partial charge in [0.05, 0.1) is 46.6 Å². The zero-order chi connectivity index (χ0) is 30.7. The van der Waals surface area contributed by atoms with E-state index in [-0.39, 0.29) is 30.5 Å². The summed E-state index contributed by atoms with van der Waals surface area (Å²) in [5, 5.41) is 13.0. The summed E-state index contributed by atoms with van der Waals surface area (Å²) in [6.07, 6.45) is 0.275. The van der Waals surface area contributed by atoms with Crippen LogP contribution in [0.5, 0.6) is 0 Å². The Hall–Kier alpha value is -3.20. The molecule has 0 radical (unpaired) electrons. The van der Waals surface area contributed by atoms with Gasteiger partial charge in [-0.2, -0.15) is 5.26 Å². The number of benzene rings is 2. The number of ether oxygens (including phenoxy) is 2. The predicted octanol–water partition coefficient (Wildman–Crippen LogP) is 7.44. The molecule has 43 heavy (non-hydrogen) atoms. The molecule has 0 N–H and O–H groups in total. The quantitative estimate of drug-likeness (QED) is 0.0962. The summed E-state index contributed by atoms with van der Waals surface area (Å²) in [6.45, 7) is 2.04. The van der Waals surface area contributed by atoms with Crippen molar-refractivity contribution < 1.29 is 22.7 Å². The lowest BCUT2D eigenvalue weighted by molar-refractivity contribution is -0.147. The Bertz CT molecular complexity index is 1640. The van der Waals surface area contributed by atoms with Crippen LogP contribution in [0.4, 0.5) is 0 Å². The number of halogens is 1. The number of aromatic nitrogens is 1. The fraction of sp³-hybridized carbons (Fsp3) is 0.281. The van der Waals surface area contributed by atoms with Crippen LogP contribution in [0, 0.1) is 11.3 Å². The average molecular weight is 655 g/mol. The predicted molar refractivity (Wildman–Crippen MR) is 173 cm³/mol. The number of sulfone groups is 1. The second-order valence-electron chi connectivity index (χ2n) is 9.70. The van der Waals surface area contributed by atoms with E-state index in [9.17, 15) is 18.5 Å². The molecule has 0 bridgehead atoms. The molecule has 0 saturated heterocycles. The van der Waals surface area contributed by atoms with Crippen molar-refractivity contribution in [3.63, 3.8) is 0 Å². The van der Waals surface area contributed by atoms with Crippen LogP contribution in [0.25, 0.3) is 21.7 Å². The molecule has 1 unspecified atom stereocenters. The molecule has 4 rings (SSSR count). The molecule has 0 aliphatic heterocycles. The molecule has 4 aromatic rings. The first-order chi connectivity index (χ1) is 20.8. The van der Waals surface area contributed by atoms with Crippen molar-refractivity contribution in [2.75, 3.05) is 23.9 Å². The number of thioether (sulfide) groups is 1. The fourth-order valence-electron chi connectivity index (χ4n) is 4.21. The molecule has 0 saturated carbocycles. The van der Waals surface area contributed by atoms with Crippen LogP contribution < -0.4 is 0 Å². The van der Waals surface area contributed by atoms with E-state index in [1.54, 1.807) is 12.1 Å². The fourth-order valence-corrected chi connectivity index (χ4v) is 7.44. The summed E-state index contributed by atoms with van der Waals surface area (Å²) in [7, 11) is -3.47. The van der Waals surface area contributed by atoms with Gasteiger partial charge in [-0.15, -0.1) is 11.3 Å². The molecule has 0 amide bonds. The van der Waals surface area contributed by atoms with Crippen LogP contribution in [-0.2, 0) is 30.7 Å². The third-order valence-electron chi connectivity index (χ3n) is 6.32. The number of pyridine rings is 1. The molecule has 0 spiro atoms. The molecule has 2 aromatic heterocycles. The van der Waals surface area contributed by atoms with Gasteiger partial charge in [-0.25, -0.2) is 13.4 Å². The Morgan fingerprint density at radius 1 is 1.12 bits per heavy atom. The number of unbranched alkanes of at least 4 members (excludes halogenated alkanes) is 1. The first-order valence-electron chi connectivity index (χ1n) is 13.7. The molecule has 224 valence electrons. The van der Waals surface area contributed by atoms with Gasteiger partial charge in [-0.3, -0.25) is 4.79 Å². The van der Waals surface area contributed by atoms with Gasteiger partial charge < -0.3 is 9.47 Å². The molecule has 7 nitrogen and oxygen atoms in total. The van der Waals surface area contributed by atoms with E-state index in [4.69, 9.17) is 26.1 Å². The van der Waals surface area contributed by atoms with Gasteiger partial charge in [0.1, 0.15) is 17.2 Å². The molecule has 0 aliphatic rings. The monoisotopic (exact) mass is 654 g/mol. The lowest BCUT2D eigenvalue weighted by Gasteiger charge is -2.18. The Morgan fingerprint density at radius 3 is 2.56 bits per heavy atom. The number of esters is 1. The molecule has 0 fully saturated rings. The van der Waals surface area contributed by atoms with Crippen LogP contribution >= 0.6 is 34.7 Å². The minimum absolute atomic E-state index is 0.0106. The number of nitrogens with zero attached hydrogens (tertiary/aromatic N) is 2. The van der Waals surface area contributed by atoms with Crippen molar-refractivity contribution in [1.29, 1.82) is 5.26 Å². The van der Waals surface area contributed by atoms with Crippen molar-refractivity contribution in [2.45, 2.75) is 37.5 Å². The molecule has 2 heterocycles.